The highest BCUT2D eigenvalue weighted by Gasteiger charge is 2.38. The zero-order chi connectivity index (χ0) is 29.3. The van der Waals surface area contributed by atoms with E-state index in [1.165, 1.54) is 24.0 Å². The number of rotatable bonds is 11. The summed E-state index contributed by atoms with van der Waals surface area (Å²) in [5.74, 6) is 1.18. The standard InChI is InChI=1S/C36H46ClN3O2.ClH/c1-3-20-40(36(41)42-27-29-10-6-4-7-11-29)33-18-21-39(22-19-33)26-31-23-34(24-35(31)30-12-8-5-9-13-30)38(2)25-28-14-16-32(37)17-15-28;/h4-17,31,33-35H,3,18-27H2,1-2H3;1H. The lowest BCUT2D eigenvalue weighted by Crippen LogP contribution is -2.48. The topological polar surface area (TPSA) is 36.0 Å². The molecule has 1 aliphatic carbocycles. The van der Waals surface area contributed by atoms with Gasteiger partial charge < -0.3 is 14.5 Å². The van der Waals surface area contributed by atoms with Gasteiger partial charge in [0.15, 0.2) is 0 Å². The minimum absolute atomic E-state index is 0. The number of hydrogen-bond donors (Lipinski definition) is 0. The van der Waals surface area contributed by atoms with E-state index >= 15 is 0 Å². The van der Waals surface area contributed by atoms with Crippen molar-refractivity contribution in [3.63, 3.8) is 0 Å². The van der Waals surface area contributed by atoms with Crippen LogP contribution in [0.3, 0.4) is 0 Å². The van der Waals surface area contributed by atoms with Crippen LogP contribution >= 0.6 is 24.0 Å². The summed E-state index contributed by atoms with van der Waals surface area (Å²) in [7, 11) is 2.27. The molecule has 0 bridgehead atoms. The van der Waals surface area contributed by atoms with E-state index in [0.717, 1.165) is 62.6 Å². The number of piperidine rings is 1. The molecule has 0 spiro atoms. The van der Waals surface area contributed by atoms with Crippen LogP contribution in [0.5, 0.6) is 0 Å². The Morgan fingerprint density at radius 3 is 2.19 bits per heavy atom. The van der Waals surface area contributed by atoms with Gasteiger partial charge in [0.2, 0.25) is 0 Å². The number of hydrogen-bond acceptors (Lipinski definition) is 4. The third-order valence-electron chi connectivity index (χ3n) is 9.26. The molecule has 0 aromatic heterocycles. The molecule has 3 aromatic carbocycles. The van der Waals surface area contributed by atoms with Gasteiger partial charge in [0.05, 0.1) is 0 Å². The molecule has 1 heterocycles. The molecule has 1 saturated carbocycles. The Bertz CT molecular complexity index is 1240. The largest absolute Gasteiger partial charge is 0.445 e. The van der Waals surface area contributed by atoms with Gasteiger partial charge in [-0.3, -0.25) is 4.90 Å². The molecule has 0 radical (unpaired) electrons. The van der Waals surface area contributed by atoms with E-state index < -0.39 is 0 Å². The van der Waals surface area contributed by atoms with Gasteiger partial charge in [-0.15, -0.1) is 12.4 Å². The summed E-state index contributed by atoms with van der Waals surface area (Å²) in [5.41, 5.74) is 3.80. The van der Waals surface area contributed by atoms with Crippen LogP contribution in [-0.4, -0.2) is 66.1 Å². The average Bonchev–Trinajstić information content (AvgIpc) is 3.45. The Labute approximate surface area is 269 Å². The van der Waals surface area contributed by atoms with Crippen LogP contribution in [0, 0.1) is 5.92 Å². The number of halogens is 2. The molecule has 3 unspecified atom stereocenters. The van der Waals surface area contributed by atoms with Crippen molar-refractivity contribution >= 4 is 30.1 Å². The van der Waals surface area contributed by atoms with E-state index in [9.17, 15) is 4.79 Å². The van der Waals surface area contributed by atoms with E-state index in [1.54, 1.807) is 0 Å². The Balaban J connectivity index is 0.00000423. The first-order valence-electron chi connectivity index (χ1n) is 15.7. The molecule has 0 N–H and O–H groups in total. The van der Waals surface area contributed by atoms with Gasteiger partial charge in [-0.05, 0) is 79.8 Å². The quantitative estimate of drug-likeness (QED) is 0.215. The molecule has 3 atom stereocenters. The van der Waals surface area contributed by atoms with Crippen LogP contribution in [0.1, 0.15) is 61.6 Å². The molecule has 1 amide bonds. The number of ether oxygens (including phenoxy) is 1. The lowest BCUT2D eigenvalue weighted by Gasteiger charge is -2.39. The molecular weight excluding hydrogens is 577 g/mol. The van der Waals surface area contributed by atoms with Crippen LogP contribution in [0.4, 0.5) is 4.79 Å². The van der Waals surface area contributed by atoms with Gasteiger partial charge in [-0.1, -0.05) is 91.3 Å². The van der Waals surface area contributed by atoms with Gasteiger partial charge >= 0.3 is 6.09 Å². The fourth-order valence-electron chi connectivity index (χ4n) is 6.98. The van der Waals surface area contributed by atoms with Crippen molar-refractivity contribution in [3.8, 4) is 0 Å². The highest BCUT2D eigenvalue weighted by Crippen LogP contribution is 2.42. The van der Waals surface area contributed by atoms with E-state index in [0.29, 0.717) is 24.5 Å². The zero-order valence-corrected chi connectivity index (χ0v) is 27.2. The Morgan fingerprint density at radius 1 is 0.884 bits per heavy atom. The molecule has 3 aromatic rings. The average molecular weight is 625 g/mol. The van der Waals surface area contributed by atoms with Crippen molar-refractivity contribution in [1.82, 2.24) is 14.7 Å². The van der Waals surface area contributed by atoms with Gasteiger partial charge in [-0.25, -0.2) is 4.79 Å². The second-order valence-corrected chi connectivity index (χ2v) is 12.6. The number of benzene rings is 3. The first-order chi connectivity index (χ1) is 20.5. The molecule has 1 aliphatic heterocycles. The van der Waals surface area contributed by atoms with Gasteiger partial charge in [0.1, 0.15) is 6.61 Å². The van der Waals surface area contributed by atoms with Gasteiger partial charge in [0, 0.05) is 49.8 Å². The molecule has 43 heavy (non-hydrogen) atoms. The predicted octanol–water partition coefficient (Wildman–Crippen LogP) is 8.27. The molecule has 5 rings (SSSR count). The Hall–Kier alpha value is -2.57. The molecule has 1 saturated heterocycles. The lowest BCUT2D eigenvalue weighted by atomic mass is 9.88. The molecule has 2 fully saturated rings. The molecule has 2 aliphatic rings. The van der Waals surface area contributed by atoms with E-state index in [-0.39, 0.29) is 24.5 Å². The summed E-state index contributed by atoms with van der Waals surface area (Å²) < 4.78 is 5.74. The lowest BCUT2D eigenvalue weighted by molar-refractivity contribution is 0.0576. The highest BCUT2D eigenvalue weighted by molar-refractivity contribution is 6.30. The number of carbonyl (C=O) groups is 1. The zero-order valence-electron chi connectivity index (χ0n) is 25.6. The normalized spacial score (nSPS) is 21.0. The summed E-state index contributed by atoms with van der Waals surface area (Å²) >= 11 is 6.12. The van der Waals surface area contributed by atoms with Gasteiger partial charge in [0.25, 0.3) is 0 Å². The van der Waals surface area contributed by atoms with Crippen molar-refractivity contribution in [2.24, 2.45) is 5.92 Å². The van der Waals surface area contributed by atoms with Gasteiger partial charge in [-0.2, -0.15) is 0 Å². The summed E-state index contributed by atoms with van der Waals surface area (Å²) in [4.78, 5) is 20.3. The summed E-state index contributed by atoms with van der Waals surface area (Å²) in [6.45, 7) is 7.32. The number of likely N-dealkylation sites (tertiary alicyclic amines) is 1. The number of carbonyl (C=O) groups excluding carboxylic acids is 1. The SMILES string of the molecule is CCCN(C(=O)OCc1ccccc1)C1CCN(CC2CC(N(C)Cc3ccc(Cl)cc3)CC2c2ccccc2)CC1.Cl. The second kappa shape index (κ2) is 16.5. The summed E-state index contributed by atoms with van der Waals surface area (Å²) in [5, 5.41) is 0.789. The third kappa shape index (κ3) is 9.21. The molecule has 232 valence electrons. The number of nitrogens with zero attached hydrogens (tertiary/aromatic N) is 3. The minimum Gasteiger partial charge on any atom is -0.445 e. The van der Waals surface area contributed by atoms with E-state index in [2.05, 4.69) is 66.2 Å². The highest BCUT2D eigenvalue weighted by atomic mass is 35.5. The van der Waals surface area contributed by atoms with Crippen LogP contribution < -0.4 is 0 Å². The smallest absolute Gasteiger partial charge is 0.410 e. The van der Waals surface area contributed by atoms with E-state index in [1.807, 2.05) is 47.4 Å². The fraction of sp³-hybridized carbons (Fsp3) is 0.472. The second-order valence-electron chi connectivity index (χ2n) is 12.2. The maximum Gasteiger partial charge on any atom is 0.410 e. The summed E-state index contributed by atoms with van der Waals surface area (Å²) in [6.07, 6.45) is 5.16. The molecule has 7 heteroatoms. The third-order valence-corrected chi connectivity index (χ3v) is 9.51. The molecule has 5 nitrogen and oxygen atoms in total. The first-order valence-corrected chi connectivity index (χ1v) is 16.1. The van der Waals surface area contributed by atoms with Crippen molar-refractivity contribution in [2.45, 2.75) is 70.2 Å². The fourth-order valence-corrected chi connectivity index (χ4v) is 7.11. The van der Waals surface area contributed by atoms with Crippen LogP contribution in [-0.2, 0) is 17.9 Å². The molecular formula is C36H47Cl2N3O2. The maximum atomic E-state index is 13.1. The van der Waals surface area contributed by atoms with Crippen molar-refractivity contribution in [1.29, 1.82) is 0 Å². The van der Waals surface area contributed by atoms with Crippen LogP contribution in [0.2, 0.25) is 5.02 Å². The summed E-state index contributed by atoms with van der Waals surface area (Å²) in [6, 6.07) is 30.1. The first kappa shape index (κ1) is 33.3. The Kier molecular flexibility index (Phi) is 12.8. The van der Waals surface area contributed by atoms with Crippen molar-refractivity contribution in [3.05, 3.63) is 107 Å². The predicted molar refractivity (Wildman–Crippen MR) is 179 cm³/mol. The van der Waals surface area contributed by atoms with Crippen molar-refractivity contribution < 1.29 is 9.53 Å². The maximum absolute atomic E-state index is 13.1. The van der Waals surface area contributed by atoms with Crippen LogP contribution in [0.25, 0.3) is 0 Å². The number of amides is 1. The van der Waals surface area contributed by atoms with E-state index in [4.69, 9.17) is 16.3 Å². The van der Waals surface area contributed by atoms with Crippen LogP contribution in [0.15, 0.2) is 84.9 Å². The minimum atomic E-state index is -0.175. The Morgan fingerprint density at radius 2 is 1.53 bits per heavy atom. The van der Waals surface area contributed by atoms with Crippen molar-refractivity contribution in [2.75, 3.05) is 33.2 Å². The monoisotopic (exact) mass is 623 g/mol.